The summed E-state index contributed by atoms with van der Waals surface area (Å²) in [5, 5.41) is 0.696. The second-order valence-electron chi connectivity index (χ2n) is 5.97. The number of nitrogens with zero attached hydrogens (tertiary/aromatic N) is 2. The monoisotopic (exact) mass is 334 g/mol. The molecule has 0 bridgehead atoms. The van der Waals surface area contributed by atoms with E-state index in [2.05, 4.69) is 16.9 Å². The molecular weight excluding hydrogens is 315 g/mol. The van der Waals surface area contributed by atoms with Gasteiger partial charge in [-0.2, -0.15) is 0 Å². The van der Waals surface area contributed by atoms with Crippen LogP contribution in [0.5, 0.6) is 0 Å². The highest BCUT2D eigenvalue weighted by molar-refractivity contribution is 6.31. The molecule has 2 aromatic rings. The number of benzene rings is 1. The molecule has 0 aliphatic carbocycles. The van der Waals surface area contributed by atoms with Crippen molar-refractivity contribution in [2.75, 3.05) is 13.7 Å². The maximum Gasteiger partial charge on any atom is 0.123 e. The summed E-state index contributed by atoms with van der Waals surface area (Å²) in [5.74, 6) is -0.217. The summed E-state index contributed by atoms with van der Waals surface area (Å²) >= 11 is 6.20. The van der Waals surface area contributed by atoms with Crippen LogP contribution < -0.4 is 0 Å². The Morgan fingerprint density at radius 1 is 1.30 bits per heavy atom. The summed E-state index contributed by atoms with van der Waals surface area (Å²) in [5.41, 5.74) is 2.11. The molecule has 1 aliphatic rings. The maximum atomic E-state index is 13.1. The molecule has 0 unspecified atom stereocenters. The molecule has 3 rings (SSSR count). The molecule has 5 heteroatoms. The second-order valence-corrected chi connectivity index (χ2v) is 6.38. The summed E-state index contributed by atoms with van der Waals surface area (Å²) in [7, 11) is 2.11. The lowest BCUT2D eigenvalue weighted by atomic mass is 9.96. The van der Waals surface area contributed by atoms with Crippen LogP contribution in [0.25, 0.3) is 0 Å². The molecule has 2 heterocycles. The summed E-state index contributed by atoms with van der Waals surface area (Å²) in [6, 6.07) is 8.95. The van der Waals surface area contributed by atoms with Gasteiger partial charge < -0.3 is 4.74 Å². The first-order valence-corrected chi connectivity index (χ1v) is 8.17. The molecule has 3 nitrogen and oxygen atoms in total. The van der Waals surface area contributed by atoms with Crippen LogP contribution in [0.2, 0.25) is 5.02 Å². The van der Waals surface area contributed by atoms with Crippen molar-refractivity contribution < 1.29 is 9.13 Å². The Morgan fingerprint density at radius 2 is 2.09 bits per heavy atom. The molecule has 122 valence electrons. The fraction of sp³-hybridized carbons (Fsp3) is 0.389. The first-order valence-electron chi connectivity index (χ1n) is 7.79. The van der Waals surface area contributed by atoms with Crippen LogP contribution in [-0.2, 0) is 11.3 Å². The van der Waals surface area contributed by atoms with Crippen molar-refractivity contribution in [3.63, 3.8) is 0 Å². The van der Waals surface area contributed by atoms with Gasteiger partial charge >= 0.3 is 0 Å². The van der Waals surface area contributed by atoms with Crippen LogP contribution in [0.4, 0.5) is 4.39 Å². The van der Waals surface area contributed by atoms with Gasteiger partial charge in [0.05, 0.1) is 11.1 Å². The topological polar surface area (TPSA) is 25.4 Å². The third-order valence-corrected chi connectivity index (χ3v) is 4.74. The largest absolute Gasteiger partial charge is 0.373 e. The zero-order valence-electron chi connectivity index (χ0n) is 13.1. The first-order chi connectivity index (χ1) is 11.1. The third-order valence-electron chi connectivity index (χ3n) is 4.40. The van der Waals surface area contributed by atoms with Crippen LogP contribution in [0.3, 0.4) is 0 Å². The van der Waals surface area contributed by atoms with Crippen molar-refractivity contribution in [2.24, 2.45) is 0 Å². The van der Waals surface area contributed by atoms with Crippen LogP contribution in [0.1, 0.15) is 30.1 Å². The normalized spacial score (nSPS) is 21.6. The molecular formula is C18H20ClFN2O. The van der Waals surface area contributed by atoms with Gasteiger partial charge in [-0.25, -0.2) is 4.39 Å². The van der Waals surface area contributed by atoms with Gasteiger partial charge in [0, 0.05) is 31.6 Å². The quantitative estimate of drug-likeness (QED) is 0.836. The smallest absolute Gasteiger partial charge is 0.123 e. The molecule has 1 aliphatic heterocycles. The van der Waals surface area contributed by atoms with E-state index in [1.807, 2.05) is 18.2 Å². The summed E-state index contributed by atoms with van der Waals surface area (Å²) < 4.78 is 18.9. The van der Waals surface area contributed by atoms with Gasteiger partial charge in [-0.1, -0.05) is 23.7 Å². The molecule has 1 fully saturated rings. The van der Waals surface area contributed by atoms with E-state index in [9.17, 15) is 4.39 Å². The van der Waals surface area contributed by atoms with E-state index in [1.54, 1.807) is 12.4 Å². The summed E-state index contributed by atoms with van der Waals surface area (Å²) in [4.78, 5) is 6.33. The average Bonchev–Trinajstić information content (AvgIpc) is 2.58. The van der Waals surface area contributed by atoms with Crippen LogP contribution in [0.15, 0.2) is 42.7 Å². The molecule has 0 N–H and O–H groups in total. The molecule has 0 radical (unpaired) electrons. The summed E-state index contributed by atoms with van der Waals surface area (Å²) in [6.45, 7) is 1.49. The van der Waals surface area contributed by atoms with Gasteiger partial charge in [0.25, 0.3) is 0 Å². The predicted octanol–water partition coefficient (Wildman–Crippen LogP) is 4.23. The number of pyridine rings is 1. The van der Waals surface area contributed by atoms with E-state index in [0.717, 1.165) is 30.5 Å². The number of aromatic nitrogens is 1. The zero-order chi connectivity index (χ0) is 16.2. The van der Waals surface area contributed by atoms with Crippen molar-refractivity contribution in [1.82, 2.24) is 9.88 Å². The highest BCUT2D eigenvalue weighted by atomic mass is 35.5. The number of hydrogen-bond donors (Lipinski definition) is 0. The molecule has 2 atom stereocenters. The Balaban J connectivity index is 1.66. The Kier molecular flexibility index (Phi) is 5.26. The number of rotatable bonds is 4. The van der Waals surface area contributed by atoms with Crippen molar-refractivity contribution >= 4 is 11.6 Å². The Hall–Kier alpha value is -1.49. The lowest BCUT2D eigenvalue weighted by Gasteiger charge is -2.35. The average molecular weight is 335 g/mol. The van der Waals surface area contributed by atoms with Gasteiger partial charge in [0.15, 0.2) is 0 Å². The molecule has 23 heavy (non-hydrogen) atoms. The maximum absolute atomic E-state index is 13.1. The van der Waals surface area contributed by atoms with Gasteiger partial charge in [-0.15, -0.1) is 0 Å². The van der Waals surface area contributed by atoms with E-state index >= 15 is 0 Å². The Labute approximate surface area is 141 Å². The fourth-order valence-electron chi connectivity index (χ4n) is 3.02. The van der Waals surface area contributed by atoms with E-state index in [4.69, 9.17) is 16.3 Å². The minimum absolute atomic E-state index is 0.0183. The molecule has 1 aromatic heterocycles. The van der Waals surface area contributed by atoms with E-state index < -0.39 is 0 Å². The van der Waals surface area contributed by atoms with Crippen LogP contribution in [-0.4, -0.2) is 29.6 Å². The van der Waals surface area contributed by atoms with Crippen LogP contribution >= 0.6 is 11.6 Å². The first kappa shape index (κ1) is 16.4. The minimum Gasteiger partial charge on any atom is -0.373 e. The lowest BCUT2D eigenvalue weighted by molar-refractivity contribution is -0.0249. The van der Waals surface area contributed by atoms with E-state index in [1.165, 1.54) is 12.1 Å². The Morgan fingerprint density at radius 3 is 2.83 bits per heavy atom. The van der Waals surface area contributed by atoms with Crippen LogP contribution in [0, 0.1) is 5.82 Å². The van der Waals surface area contributed by atoms with Crippen molar-refractivity contribution in [1.29, 1.82) is 0 Å². The molecule has 0 amide bonds. The molecule has 1 aromatic carbocycles. The minimum atomic E-state index is -0.217. The number of hydrogen-bond acceptors (Lipinski definition) is 3. The zero-order valence-corrected chi connectivity index (χ0v) is 13.8. The van der Waals surface area contributed by atoms with Gasteiger partial charge in [0.2, 0.25) is 0 Å². The standard InChI is InChI=1S/C18H20ClFN2O/c1-22(12-14-6-8-21-11-17(14)19)16-7-9-23-18(10-16)13-2-4-15(20)5-3-13/h2-6,8,11,16,18H,7,9-10,12H2,1H3/t16-,18-/m1/s1. The van der Waals surface area contributed by atoms with Crippen molar-refractivity contribution in [2.45, 2.75) is 31.5 Å². The van der Waals surface area contributed by atoms with Gasteiger partial charge in [-0.05, 0) is 49.2 Å². The number of halogens is 2. The highest BCUT2D eigenvalue weighted by Gasteiger charge is 2.26. The van der Waals surface area contributed by atoms with Crippen molar-refractivity contribution in [3.8, 4) is 0 Å². The summed E-state index contributed by atoms with van der Waals surface area (Å²) in [6.07, 6.45) is 5.34. The third kappa shape index (κ3) is 4.08. The molecule has 0 spiro atoms. The van der Waals surface area contributed by atoms with E-state index in [-0.39, 0.29) is 11.9 Å². The molecule has 0 saturated carbocycles. The number of ether oxygens (including phenoxy) is 1. The SMILES string of the molecule is CN(Cc1ccncc1Cl)[C@@H]1CCO[C@@H](c2ccc(F)cc2)C1. The van der Waals surface area contributed by atoms with Gasteiger partial charge in [0.1, 0.15) is 5.82 Å². The van der Waals surface area contributed by atoms with E-state index in [0.29, 0.717) is 17.7 Å². The molecule has 1 saturated heterocycles. The lowest BCUT2D eigenvalue weighted by Crippen LogP contribution is -2.37. The Bertz CT molecular complexity index is 650. The fourth-order valence-corrected chi connectivity index (χ4v) is 3.20. The predicted molar refractivity (Wildman–Crippen MR) is 88.8 cm³/mol. The van der Waals surface area contributed by atoms with Crippen molar-refractivity contribution in [3.05, 3.63) is 64.7 Å². The van der Waals surface area contributed by atoms with Gasteiger partial charge in [-0.3, -0.25) is 9.88 Å². The highest BCUT2D eigenvalue weighted by Crippen LogP contribution is 2.31. The second kappa shape index (κ2) is 7.39.